The second kappa shape index (κ2) is 5.05. The van der Waals surface area contributed by atoms with Crippen molar-refractivity contribution in [2.75, 3.05) is 0 Å². The summed E-state index contributed by atoms with van der Waals surface area (Å²) in [4.78, 5) is 0. The lowest BCUT2D eigenvalue weighted by atomic mass is 10.0. The van der Waals surface area contributed by atoms with Gasteiger partial charge in [-0.25, -0.2) is 0 Å². The van der Waals surface area contributed by atoms with Gasteiger partial charge >= 0.3 is 0 Å². The lowest BCUT2D eigenvalue weighted by Crippen LogP contribution is -2.13. The largest absolute Gasteiger partial charge is 0.494 e. The number of rotatable bonds is 4. The second-order valence-corrected chi connectivity index (χ2v) is 6.73. The van der Waals surface area contributed by atoms with E-state index in [9.17, 15) is 10.2 Å². The zero-order valence-corrected chi connectivity index (χ0v) is 13.2. The minimum atomic E-state index is -0.151. The van der Waals surface area contributed by atoms with Gasteiger partial charge in [-0.3, -0.25) is 4.57 Å². The van der Waals surface area contributed by atoms with E-state index in [0.29, 0.717) is 6.42 Å². The summed E-state index contributed by atoms with van der Waals surface area (Å²) in [5, 5.41) is 21.6. The van der Waals surface area contributed by atoms with E-state index in [1.807, 2.05) is 25.1 Å². The predicted molar refractivity (Wildman–Crippen MR) is 91.0 cm³/mol. The van der Waals surface area contributed by atoms with E-state index in [2.05, 4.69) is 30.9 Å². The maximum absolute atomic E-state index is 10.8. The SMILES string of the molecule is C=C(C)C(Cc1ccccc1)n1c(O)c2c(c1O)C1C=CC2C1. The summed E-state index contributed by atoms with van der Waals surface area (Å²) in [6, 6.07) is 9.97. The topological polar surface area (TPSA) is 45.4 Å². The molecule has 1 aromatic carbocycles. The highest BCUT2D eigenvalue weighted by molar-refractivity contribution is 5.59. The third kappa shape index (κ3) is 2.03. The van der Waals surface area contributed by atoms with Crippen LogP contribution in [-0.4, -0.2) is 14.8 Å². The molecule has 0 radical (unpaired) electrons. The van der Waals surface area contributed by atoms with Crippen molar-refractivity contribution in [3.63, 3.8) is 0 Å². The lowest BCUT2D eigenvalue weighted by molar-refractivity contribution is 0.341. The van der Waals surface area contributed by atoms with Gasteiger partial charge in [0.15, 0.2) is 11.8 Å². The molecule has 3 atom stereocenters. The average molecular weight is 307 g/mol. The molecule has 2 aliphatic rings. The molecule has 3 unspecified atom stereocenters. The molecule has 2 aliphatic carbocycles. The summed E-state index contributed by atoms with van der Waals surface area (Å²) in [5.74, 6) is 0.894. The van der Waals surface area contributed by atoms with Crippen LogP contribution in [-0.2, 0) is 6.42 Å². The van der Waals surface area contributed by atoms with Crippen molar-refractivity contribution in [1.82, 2.24) is 4.57 Å². The number of benzene rings is 1. The highest BCUT2D eigenvalue weighted by Crippen LogP contribution is 2.57. The first-order valence-electron chi connectivity index (χ1n) is 8.11. The first-order valence-corrected chi connectivity index (χ1v) is 8.11. The van der Waals surface area contributed by atoms with Gasteiger partial charge in [0.25, 0.3) is 0 Å². The van der Waals surface area contributed by atoms with Crippen LogP contribution >= 0.6 is 0 Å². The van der Waals surface area contributed by atoms with E-state index in [-0.39, 0.29) is 29.6 Å². The third-order valence-electron chi connectivity index (χ3n) is 5.21. The van der Waals surface area contributed by atoms with Gasteiger partial charge in [-0.15, -0.1) is 0 Å². The van der Waals surface area contributed by atoms with E-state index in [1.165, 1.54) is 0 Å². The highest BCUT2D eigenvalue weighted by atomic mass is 16.3. The van der Waals surface area contributed by atoms with Crippen LogP contribution in [0.1, 0.15) is 47.9 Å². The highest BCUT2D eigenvalue weighted by Gasteiger charge is 2.42. The Balaban J connectivity index is 1.78. The van der Waals surface area contributed by atoms with E-state index >= 15 is 0 Å². The molecule has 0 amide bonds. The van der Waals surface area contributed by atoms with Crippen molar-refractivity contribution in [1.29, 1.82) is 0 Å². The standard InChI is InChI=1S/C20H21NO2/c1-12(2)16(10-13-6-4-3-5-7-13)21-19(22)17-14-8-9-15(11-14)18(17)20(21)23/h3-9,14-16,22-23H,1,10-11H2,2H3. The molecule has 118 valence electrons. The van der Waals surface area contributed by atoms with Crippen molar-refractivity contribution < 1.29 is 10.2 Å². The normalized spacial score (nSPS) is 22.3. The zero-order chi connectivity index (χ0) is 16.1. The van der Waals surface area contributed by atoms with Crippen LogP contribution in [0.15, 0.2) is 54.6 Å². The smallest absolute Gasteiger partial charge is 0.198 e. The van der Waals surface area contributed by atoms with Crippen molar-refractivity contribution >= 4 is 0 Å². The number of aromatic nitrogens is 1. The fourth-order valence-electron chi connectivity index (χ4n) is 4.08. The van der Waals surface area contributed by atoms with E-state index in [0.717, 1.165) is 28.7 Å². The van der Waals surface area contributed by atoms with Gasteiger partial charge in [0.1, 0.15) is 0 Å². The number of hydrogen-bond donors (Lipinski definition) is 2. The lowest BCUT2D eigenvalue weighted by Gasteiger charge is -2.22. The van der Waals surface area contributed by atoms with Gasteiger partial charge < -0.3 is 10.2 Å². The molecule has 0 saturated heterocycles. The Kier molecular flexibility index (Phi) is 3.12. The number of aromatic hydroxyl groups is 2. The summed E-state index contributed by atoms with van der Waals surface area (Å²) < 4.78 is 1.67. The Morgan fingerprint density at radius 1 is 1.13 bits per heavy atom. The van der Waals surface area contributed by atoms with Crippen LogP contribution in [0.5, 0.6) is 11.8 Å². The van der Waals surface area contributed by atoms with Crippen LogP contribution in [0.4, 0.5) is 0 Å². The summed E-state index contributed by atoms with van der Waals surface area (Å²) in [7, 11) is 0. The minimum Gasteiger partial charge on any atom is -0.494 e. The molecule has 0 spiro atoms. The van der Waals surface area contributed by atoms with Gasteiger partial charge in [-0.2, -0.15) is 0 Å². The average Bonchev–Trinajstić information content (AvgIpc) is 3.21. The zero-order valence-electron chi connectivity index (χ0n) is 13.2. The predicted octanol–water partition coefficient (Wildman–Crippen LogP) is 4.40. The molecule has 0 aliphatic heterocycles. The van der Waals surface area contributed by atoms with Crippen LogP contribution in [0, 0.1) is 0 Å². The van der Waals surface area contributed by atoms with Crippen LogP contribution in [0.25, 0.3) is 0 Å². The molecule has 3 nitrogen and oxygen atoms in total. The molecule has 1 heterocycles. The maximum atomic E-state index is 10.8. The van der Waals surface area contributed by atoms with Gasteiger partial charge in [-0.05, 0) is 25.3 Å². The Labute approximate surface area is 136 Å². The molecule has 1 aromatic heterocycles. The van der Waals surface area contributed by atoms with Gasteiger partial charge in [0.2, 0.25) is 0 Å². The fraction of sp³-hybridized carbons (Fsp3) is 0.300. The van der Waals surface area contributed by atoms with E-state index in [4.69, 9.17) is 0 Å². The van der Waals surface area contributed by atoms with Gasteiger partial charge in [-0.1, -0.05) is 54.6 Å². The van der Waals surface area contributed by atoms with Crippen molar-refractivity contribution in [2.45, 2.75) is 37.6 Å². The summed E-state index contributed by atoms with van der Waals surface area (Å²) in [6.07, 6.45) is 5.96. The molecular weight excluding hydrogens is 286 g/mol. The molecular formula is C20H21NO2. The molecule has 4 rings (SSSR count). The van der Waals surface area contributed by atoms with Crippen molar-refractivity contribution in [3.8, 4) is 11.8 Å². The number of hydrogen-bond acceptors (Lipinski definition) is 2. The van der Waals surface area contributed by atoms with Crippen LogP contribution in [0.3, 0.4) is 0 Å². The van der Waals surface area contributed by atoms with Gasteiger partial charge in [0, 0.05) is 23.0 Å². The summed E-state index contributed by atoms with van der Waals surface area (Å²) >= 11 is 0. The molecule has 3 heteroatoms. The first-order chi connectivity index (χ1) is 11.1. The second-order valence-electron chi connectivity index (χ2n) is 6.73. The quantitative estimate of drug-likeness (QED) is 0.822. The van der Waals surface area contributed by atoms with E-state index < -0.39 is 0 Å². The Hall–Kier alpha value is -2.42. The maximum Gasteiger partial charge on any atom is 0.198 e. The minimum absolute atomic E-state index is 0.151. The van der Waals surface area contributed by atoms with E-state index in [1.54, 1.807) is 4.57 Å². The monoisotopic (exact) mass is 307 g/mol. The number of nitrogens with zero attached hydrogens (tertiary/aromatic N) is 1. The number of allylic oxidation sites excluding steroid dienone is 3. The molecule has 0 saturated carbocycles. The third-order valence-corrected chi connectivity index (χ3v) is 5.21. The molecule has 0 fully saturated rings. The summed E-state index contributed by atoms with van der Waals surface area (Å²) in [6.45, 7) is 6.04. The molecule has 2 bridgehead atoms. The van der Waals surface area contributed by atoms with Crippen LogP contribution < -0.4 is 0 Å². The fourth-order valence-corrected chi connectivity index (χ4v) is 4.08. The van der Waals surface area contributed by atoms with Crippen LogP contribution in [0.2, 0.25) is 0 Å². The Morgan fingerprint density at radius 3 is 2.22 bits per heavy atom. The van der Waals surface area contributed by atoms with Crippen molar-refractivity contribution in [3.05, 3.63) is 71.3 Å². The first kappa shape index (κ1) is 14.2. The summed E-state index contributed by atoms with van der Waals surface area (Å²) in [5.41, 5.74) is 3.91. The molecule has 2 aromatic rings. The Morgan fingerprint density at radius 2 is 1.70 bits per heavy atom. The van der Waals surface area contributed by atoms with Gasteiger partial charge in [0.05, 0.1) is 6.04 Å². The Bertz CT molecular complexity index is 765. The molecule has 2 N–H and O–H groups in total. The van der Waals surface area contributed by atoms with Crippen molar-refractivity contribution in [2.24, 2.45) is 0 Å². The number of fused-ring (bicyclic) bond motifs is 5. The molecule has 23 heavy (non-hydrogen) atoms.